The molecule has 1 aromatic rings. The maximum Gasteiger partial charge on any atom is 0.333 e. The summed E-state index contributed by atoms with van der Waals surface area (Å²) in [6, 6.07) is -0.786. The lowest BCUT2D eigenvalue weighted by Gasteiger charge is -2.46. The summed E-state index contributed by atoms with van der Waals surface area (Å²) in [4.78, 5) is 47.2. The molecule has 3 aliphatic rings. The first-order valence-electron chi connectivity index (χ1n) is 8.74. The van der Waals surface area contributed by atoms with Crippen LogP contribution < -0.4 is 11.1 Å². The van der Waals surface area contributed by atoms with Gasteiger partial charge in [-0.05, 0) is 18.9 Å². The molecule has 29 heavy (non-hydrogen) atoms. The Labute approximate surface area is 173 Å². The Balaban J connectivity index is 1.49. The molecule has 12 heteroatoms. The molecule has 10 nitrogen and oxygen atoms in total. The number of β-lactam (4-membered cyclic amide) rings is 1. The van der Waals surface area contributed by atoms with Crippen molar-refractivity contribution in [2.24, 2.45) is 5.16 Å². The second-order valence-corrected chi connectivity index (χ2v) is 8.51. The molecule has 1 aromatic heterocycles. The first kappa shape index (κ1) is 19.5. The highest BCUT2D eigenvalue weighted by molar-refractivity contribution is 8.00. The third-order valence-electron chi connectivity index (χ3n) is 4.57. The number of nitrogens with one attached hydrogen (secondary N) is 1. The number of oxime groups is 1. The molecular weight excluding hydrogens is 418 g/mol. The van der Waals surface area contributed by atoms with E-state index in [0.29, 0.717) is 0 Å². The van der Waals surface area contributed by atoms with Gasteiger partial charge in [-0.3, -0.25) is 9.59 Å². The van der Waals surface area contributed by atoms with E-state index >= 15 is 0 Å². The molecule has 152 valence electrons. The van der Waals surface area contributed by atoms with Crippen molar-refractivity contribution in [2.45, 2.75) is 30.4 Å². The molecular formula is C17H17N5O5S2. The number of hydrogen-bond donors (Lipinski definition) is 3. The molecule has 0 saturated carbocycles. The molecule has 0 spiro atoms. The highest BCUT2D eigenvalue weighted by Gasteiger charge is 2.50. The number of carbonyl (C=O) groups is 3. The van der Waals surface area contributed by atoms with E-state index in [1.165, 1.54) is 22.9 Å². The fraction of sp³-hybridized carbons (Fsp3) is 0.353. The Morgan fingerprint density at radius 3 is 2.93 bits per heavy atom. The molecule has 2 unspecified atom stereocenters. The largest absolute Gasteiger partial charge is 0.478 e. The van der Waals surface area contributed by atoms with Gasteiger partial charge in [-0.1, -0.05) is 11.2 Å². The molecule has 0 radical (unpaired) electrons. The molecule has 2 amide bonds. The van der Waals surface area contributed by atoms with E-state index in [1.54, 1.807) is 5.38 Å². The fourth-order valence-corrected chi connectivity index (χ4v) is 4.85. The van der Waals surface area contributed by atoms with Gasteiger partial charge < -0.3 is 25.9 Å². The smallest absolute Gasteiger partial charge is 0.333 e. The zero-order valence-corrected chi connectivity index (χ0v) is 16.6. The summed E-state index contributed by atoms with van der Waals surface area (Å²) in [5, 5.41) is 17.2. The number of aliphatic carboxylic acids is 1. The van der Waals surface area contributed by atoms with Crippen LogP contribution in [0.2, 0.25) is 0 Å². The lowest BCUT2D eigenvalue weighted by molar-refractivity contribution is -0.144. The monoisotopic (exact) mass is 435 g/mol. The maximum absolute atomic E-state index is 12.8. The lowest BCUT2D eigenvalue weighted by atomic mass is 10.1. The molecule has 1 aliphatic carbocycles. The van der Waals surface area contributed by atoms with E-state index in [2.05, 4.69) is 15.5 Å². The van der Waals surface area contributed by atoms with E-state index in [0.717, 1.165) is 24.2 Å². The summed E-state index contributed by atoms with van der Waals surface area (Å²) >= 11 is 2.44. The highest BCUT2D eigenvalue weighted by Crippen LogP contribution is 2.36. The minimum absolute atomic E-state index is 0.0629. The number of anilines is 1. The van der Waals surface area contributed by atoms with Gasteiger partial charge in [-0.25, -0.2) is 9.78 Å². The Morgan fingerprint density at radius 2 is 2.28 bits per heavy atom. The number of thiazole rings is 1. The third-order valence-corrected chi connectivity index (χ3v) is 6.57. The van der Waals surface area contributed by atoms with E-state index in [9.17, 15) is 14.4 Å². The summed E-state index contributed by atoms with van der Waals surface area (Å²) in [6.45, 7) is 0. The molecule has 0 aromatic carbocycles. The number of hydrogen-bond acceptors (Lipinski definition) is 9. The maximum atomic E-state index is 12.8. The predicted molar refractivity (Wildman–Crippen MR) is 107 cm³/mol. The molecule has 1 saturated heterocycles. The van der Waals surface area contributed by atoms with Crippen LogP contribution >= 0.6 is 23.1 Å². The van der Waals surface area contributed by atoms with Crippen LogP contribution in [0.15, 0.2) is 34.5 Å². The van der Waals surface area contributed by atoms with Crippen LogP contribution in [-0.4, -0.2) is 61.8 Å². The molecule has 1 fully saturated rings. The molecule has 3 heterocycles. The third kappa shape index (κ3) is 3.85. The minimum atomic E-state index is -1.06. The number of rotatable bonds is 6. The van der Waals surface area contributed by atoms with Gasteiger partial charge in [0.2, 0.25) is 0 Å². The molecule has 3 atom stereocenters. The molecule has 4 rings (SSSR count). The van der Waals surface area contributed by atoms with Gasteiger partial charge in [0.25, 0.3) is 11.8 Å². The Hall–Kier alpha value is -2.86. The number of fused-ring (bicyclic) bond motifs is 1. The van der Waals surface area contributed by atoms with E-state index in [4.69, 9.17) is 15.7 Å². The minimum Gasteiger partial charge on any atom is -0.478 e. The van der Waals surface area contributed by atoms with Crippen LogP contribution in [0.1, 0.15) is 18.5 Å². The zero-order chi connectivity index (χ0) is 20.5. The zero-order valence-electron chi connectivity index (χ0n) is 15.0. The summed E-state index contributed by atoms with van der Waals surface area (Å²) < 4.78 is 0. The first-order chi connectivity index (χ1) is 13.9. The topological polar surface area (TPSA) is 147 Å². The predicted octanol–water partition coefficient (Wildman–Crippen LogP) is 0.533. The number of carboxylic acids is 1. The Bertz CT molecular complexity index is 956. The van der Waals surface area contributed by atoms with Crippen molar-refractivity contribution in [3.63, 3.8) is 0 Å². The van der Waals surface area contributed by atoms with Gasteiger partial charge in [-0.2, -0.15) is 0 Å². The molecule has 4 N–H and O–H groups in total. The average Bonchev–Trinajstić information content (AvgIpc) is 3.37. The summed E-state index contributed by atoms with van der Waals surface area (Å²) in [7, 11) is 0. The first-order valence-corrected chi connectivity index (χ1v) is 10.7. The van der Waals surface area contributed by atoms with Gasteiger partial charge in [0, 0.05) is 17.3 Å². The van der Waals surface area contributed by atoms with E-state index in [-0.39, 0.29) is 45.2 Å². The average molecular weight is 435 g/mol. The van der Waals surface area contributed by atoms with Crippen molar-refractivity contribution in [1.82, 2.24) is 15.2 Å². The van der Waals surface area contributed by atoms with Crippen LogP contribution in [0.5, 0.6) is 0 Å². The number of amides is 2. The number of nitrogen functional groups attached to an aromatic ring is 1. The number of carbonyl (C=O) groups excluding carboxylic acids is 2. The van der Waals surface area contributed by atoms with Crippen molar-refractivity contribution in [1.29, 1.82) is 0 Å². The number of thioether (sulfide) groups is 1. The van der Waals surface area contributed by atoms with Crippen molar-refractivity contribution in [3.8, 4) is 0 Å². The van der Waals surface area contributed by atoms with Gasteiger partial charge in [0.1, 0.15) is 23.2 Å². The highest BCUT2D eigenvalue weighted by atomic mass is 32.2. The summed E-state index contributed by atoms with van der Waals surface area (Å²) in [6.07, 6.45) is 6.59. The van der Waals surface area contributed by atoms with Gasteiger partial charge >= 0.3 is 5.97 Å². The van der Waals surface area contributed by atoms with Crippen LogP contribution in [-0.2, 0) is 19.2 Å². The number of aromatic nitrogens is 1. The normalized spacial score (nSPS) is 25.9. The number of nitrogens with two attached hydrogens (primary N) is 1. The molecule has 2 aliphatic heterocycles. The van der Waals surface area contributed by atoms with Gasteiger partial charge in [-0.15, -0.1) is 23.1 Å². The van der Waals surface area contributed by atoms with Gasteiger partial charge in [0.15, 0.2) is 10.8 Å². The van der Waals surface area contributed by atoms with Crippen molar-refractivity contribution in [2.75, 3.05) is 11.5 Å². The molecule has 0 bridgehead atoms. The SMILES string of the molecule is Nc1nc(C(=NOC2C=CCC2)C(=O)NC2C(=O)N3C=C(C(=O)O)CS[C@H]23)cs1. The van der Waals surface area contributed by atoms with Crippen LogP contribution in [0.25, 0.3) is 0 Å². The standard InChI is InChI=1S/C17H17N5O5S2/c18-17-19-10(7-29-17)11(21-27-9-3-1-2-4-9)13(23)20-12-14(24)22-5-8(16(25)26)6-28-15(12)22/h1,3,5,7,9,12,15H,2,4,6H2,(H2,18,19)(H,20,23)(H,25,26)/t9?,12?,15-/m1/s1. The number of carboxylic acid groups (broad SMARTS) is 1. The van der Waals surface area contributed by atoms with Crippen molar-refractivity contribution in [3.05, 3.63) is 35.0 Å². The lowest BCUT2D eigenvalue weighted by Crippen LogP contribution is -2.69. The van der Waals surface area contributed by atoms with Gasteiger partial charge in [0.05, 0.1) is 5.57 Å². The van der Waals surface area contributed by atoms with E-state index in [1.807, 2.05) is 12.2 Å². The fourth-order valence-electron chi connectivity index (χ4n) is 3.05. The van der Waals surface area contributed by atoms with Crippen LogP contribution in [0.3, 0.4) is 0 Å². The number of nitrogens with zero attached hydrogens (tertiary/aromatic N) is 3. The summed E-state index contributed by atoms with van der Waals surface area (Å²) in [5.74, 6) is -1.81. The van der Waals surface area contributed by atoms with E-state index < -0.39 is 17.9 Å². The van der Waals surface area contributed by atoms with Crippen molar-refractivity contribution >= 4 is 51.7 Å². The Morgan fingerprint density at radius 1 is 1.45 bits per heavy atom. The van der Waals surface area contributed by atoms with Crippen molar-refractivity contribution < 1.29 is 24.3 Å². The quantitative estimate of drug-likeness (QED) is 0.254. The van der Waals surface area contributed by atoms with Crippen LogP contribution in [0.4, 0.5) is 5.13 Å². The second kappa shape index (κ2) is 7.87. The Kier molecular flexibility index (Phi) is 5.28. The van der Waals surface area contributed by atoms with Crippen LogP contribution in [0, 0.1) is 0 Å². The number of allylic oxidation sites excluding steroid dienone is 1. The summed E-state index contributed by atoms with van der Waals surface area (Å²) in [5.41, 5.74) is 6.01. The second-order valence-electron chi connectivity index (χ2n) is 6.52.